The van der Waals surface area contributed by atoms with Gasteiger partial charge in [-0.2, -0.15) is 0 Å². The Hall–Kier alpha value is -1.43. The van der Waals surface area contributed by atoms with Gasteiger partial charge in [0, 0.05) is 10.9 Å². The molecule has 96 valence electrons. The fourth-order valence-electron chi connectivity index (χ4n) is 2.19. The zero-order chi connectivity index (χ0) is 13.3. The van der Waals surface area contributed by atoms with Gasteiger partial charge in [-0.25, -0.2) is 10.1 Å². The zero-order valence-corrected chi connectivity index (χ0v) is 11.5. The Labute approximate surface area is 113 Å². The summed E-state index contributed by atoms with van der Waals surface area (Å²) in [7, 11) is 0. The van der Waals surface area contributed by atoms with Crippen LogP contribution in [0.5, 0.6) is 0 Å². The van der Waals surface area contributed by atoms with E-state index in [2.05, 4.69) is 15.9 Å². The van der Waals surface area contributed by atoms with Crippen molar-refractivity contribution in [1.29, 1.82) is 0 Å². The number of nitro groups is 1. The molecule has 18 heavy (non-hydrogen) atoms. The van der Waals surface area contributed by atoms with Crippen molar-refractivity contribution in [3.05, 3.63) is 43.9 Å². The Kier molecular flexibility index (Phi) is 3.65. The molecule has 1 saturated heterocycles. The molecule has 0 aliphatic carbocycles. The molecule has 6 heteroatoms. The summed E-state index contributed by atoms with van der Waals surface area (Å²) in [6.07, 6.45) is 1.58. The minimum Gasteiger partial charge on any atom is -0.269 e. The Morgan fingerprint density at radius 1 is 1.50 bits per heavy atom. The maximum Gasteiger partial charge on any atom is 0.284 e. The quantitative estimate of drug-likeness (QED) is 0.623. The maximum atomic E-state index is 11.6. The van der Waals surface area contributed by atoms with Gasteiger partial charge in [0.1, 0.15) is 6.04 Å². The van der Waals surface area contributed by atoms with Crippen molar-refractivity contribution < 1.29 is 9.83 Å². The molecular formula is C12H13BrN2O3. The highest BCUT2D eigenvalue weighted by Gasteiger charge is 2.37. The molecule has 1 aliphatic heterocycles. The number of rotatable bonds is 2. The fourth-order valence-corrected chi connectivity index (χ4v) is 2.58. The molecule has 0 radical (unpaired) electrons. The van der Waals surface area contributed by atoms with E-state index in [4.69, 9.17) is 0 Å². The first-order chi connectivity index (χ1) is 8.50. The molecule has 0 saturated carbocycles. The van der Waals surface area contributed by atoms with Gasteiger partial charge < -0.3 is 0 Å². The van der Waals surface area contributed by atoms with E-state index in [1.54, 1.807) is 0 Å². The van der Waals surface area contributed by atoms with Crippen molar-refractivity contribution in [2.75, 3.05) is 0 Å². The van der Waals surface area contributed by atoms with Crippen LogP contribution in [-0.4, -0.2) is 15.9 Å². The lowest BCUT2D eigenvalue weighted by molar-refractivity contribution is -0.646. The molecule has 1 aromatic carbocycles. The molecule has 0 spiro atoms. The first-order valence-electron chi connectivity index (χ1n) is 5.73. The maximum absolute atomic E-state index is 11.6. The van der Waals surface area contributed by atoms with E-state index < -0.39 is 17.0 Å². The Morgan fingerprint density at radius 2 is 2.22 bits per heavy atom. The van der Waals surface area contributed by atoms with E-state index in [9.17, 15) is 14.9 Å². The zero-order valence-electron chi connectivity index (χ0n) is 9.93. The molecule has 1 amide bonds. The number of carbonyl (C=O) groups is 1. The molecule has 1 unspecified atom stereocenters. The van der Waals surface area contributed by atoms with Crippen LogP contribution in [0, 0.1) is 17.0 Å². The van der Waals surface area contributed by atoms with Gasteiger partial charge in [0.15, 0.2) is 5.03 Å². The van der Waals surface area contributed by atoms with E-state index in [1.165, 1.54) is 0 Å². The number of benzene rings is 1. The summed E-state index contributed by atoms with van der Waals surface area (Å²) >= 11 is 3.41. The monoisotopic (exact) mass is 312 g/mol. The number of carbonyl (C=O) groups excluding carboxylic acids is 1. The van der Waals surface area contributed by atoms with Crippen LogP contribution in [-0.2, 0) is 4.79 Å². The van der Waals surface area contributed by atoms with Crippen molar-refractivity contribution in [3.8, 4) is 0 Å². The smallest absolute Gasteiger partial charge is 0.269 e. The van der Waals surface area contributed by atoms with E-state index in [0.717, 1.165) is 20.6 Å². The number of hydrogen-bond donors (Lipinski definition) is 0. The van der Waals surface area contributed by atoms with Gasteiger partial charge in [-0.3, -0.25) is 4.79 Å². The second kappa shape index (κ2) is 5.06. The first kappa shape index (κ1) is 13.0. The summed E-state index contributed by atoms with van der Waals surface area (Å²) < 4.78 is 0.904. The summed E-state index contributed by atoms with van der Waals surface area (Å²) in [4.78, 5) is 22.6. The van der Waals surface area contributed by atoms with Crippen molar-refractivity contribution in [2.45, 2.75) is 32.2 Å². The van der Waals surface area contributed by atoms with Crippen molar-refractivity contribution in [3.63, 3.8) is 0 Å². The molecule has 1 aromatic rings. The molecule has 1 atom stereocenters. The van der Waals surface area contributed by atoms with Crippen molar-refractivity contribution >= 4 is 21.8 Å². The predicted molar refractivity (Wildman–Crippen MR) is 69.3 cm³/mol. The summed E-state index contributed by atoms with van der Waals surface area (Å²) in [5, 5.41) is 11.2. The molecule has 5 nitrogen and oxygen atoms in total. The number of nitrogens with zero attached hydrogens (tertiary/aromatic N) is 2. The van der Waals surface area contributed by atoms with Gasteiger partial charge in [0.2, 0.25) is 0 Å². The van der Waals surface area contributed by atoms with Crippen molar-refractivity contribution in [2.24, 2.45) is 0 Å². The van der Waals surface area contributed by atoms with Crippen LogP contribution >= 0.6 is 15.9 Å². The molecule has 1 aliphatic rings. The lowest BCUT2D eigenvalue weighted by Gasteiger charge is -2.27. The minimum atomic E-state index is -0.597. The van der Waals surface area contributed by atoms with Crippen LogP contribution in [0.15, 0.2) is 22.7 Å². The number of halogens is 1. The normalized spacial score (nSPS) is 20.0. The molecule has 1 fully saturated rings. The van der Waals surface area contributed by atoms with E-state index in [-0.39, 0.29) is 6.42 Å². The third-order valence-corrected chi connectivity index (χ3v) is 4.03. The van der Waals surface area contributed by atoms with Gasteiger partial charge >= 0.3 is 0 Å². The topological polar surface area (TPSA) is 63.5 Å². The highest BCUT2D eigenvalue weighted by molar-refractivity contribution is 9.10. The predicted octanol–water partition coefficient (Wildman–Crippen LogP) is 3.00. The number of aryl methyl sites for hydroxylation is 1. The SMILES string of the molecule is Cc1ccc(C2CCCC(=O)N2[N+](=O)[O-])cc1Br. The van der Waals surface area contributed by atoms with E-state index in [1.807, 2.05) is 25.1 Å². The molecule has 0 bridgehead atoms. The van der Waals surface area contributed by atoms with Crippen LogP contribution in [0.4, 0.5) is 0 Å². The second-order valence-electron chi connectivity index (χ2n) is 4.39. The van der Waals surface area contributed by atoms with Crippen LogP contribution < -0.4 is 0 Å². The summed E-state index contributed by atoms with van der Waals surface area (Å²) in [6, 6.07) is 5.14. The van der Waals surface area contributed by atoms with Gasteiger partial charge in [-0.1, -0.05) is 33.1 Å². The van der Waals surface area contributed by atoms with Gasteiger partial charge in [-0.15, -0.1) is 0 Å². The Balaban J connectivity index is 2.37. The van der Waals surface area contributed by atoms with Crippen LogP contribution in [0.1, 0.15) is 36.4 Å². The van der Waals surface area contributed by atoms with Crippen LogP contribution in [0.3, 0.4) is 0 Å². The average Bonchev–Trinajstić information content (AvgIpc) is 2.32. The molecule has 2 rings (SSSR count). The third kappa shape index (κ3) is 2.38. The van der Waals surface area contributed by atoms with Gasteiger partial charge in [0.25, 0.3) is 5.91 Å². The molecule has 1 heterocycles. The van der Waals surface area contributed by atoms with Crippen LogP contribution in [0.2, 0.25) is 0 Å². The molecule has 0 aromatic heterocycles. The van der Waals surface area contributed by atoms with E-state index in [0.29, 0.717) is 12.8 Å². The van der Waals surface area contributed by atoms with Gasteiger partial charge in [0.05, 0.1) is 0 Å². The second-order valence-corrected chi connectivity index (χ2v) is 5.25. The summed E-state index contributed by atoms with van der Waals surface area (Å²) in [5.74, 6) is -0.409. The van der Waals surface area contributed by atoms with Crippen molar-refractivity contribution in [1.82, 2.24) is 5.01 Å². The number of amides is 1. The summed E-state index contributed by atoms with van der Waals surface area (Å²) in [6.45, 7) is 1.95. The number of hydrazine groups is 1. The van der Waals surface area contributed by atoms with Crippen LogP contribution in [0.25, 0.3) is 0 Å². The largest absolute Gasteiger partial charge is 0.284 e. The Morgan fingerprint density at radius 3 is 2.83 bits per heavy atom. The highest BCUT2D eigenvalue weighted by atomic mass is 79.9. The first-order valence-corrected chi connectivity index (χ1v) is 6.52. The number of piperidine rings is 1. The third-order valence-electron chi connectivity index (χ3n) is 3.18. The lowest BCUT2D eigenvalue weighted by Crippen LogP contribution is -2.42. The summed E-state index contributed by atoms with van der Waals surface area (Å²) in [5.41, 5.74) is 1.87. The minimum absolute atomic E-state index is 0.254. The molecular weight excluding hydrogens is 300 g/mol. The lowest BCUT2D eigenvalue weighted by atomic mass is 9.96. The molecule has 0 N–H and O–H groups in total. The number of hydrogen-bond acceptors (Lipinski definition) is 3. The van der Waals surface area contributed by atoms with E-state index >= 15 is 0 Å². The standard InChI is InChI=1S/C12H13BrN2O3/c1-8-5-6-9(7-10(8)13)11-3-2-4-12(16)14(11)15(17)18/h5-7,11H,2-4H2,1H3. The van der Waals surface area contributed by atoms with Gasteiger partial charge in [-0.05, 0) is 37.0 Å². The average molecular weight is 313 g/mol. The Bertz CT molecular complexity index is 504. The fraction of sp³-hybridized carbons (Fsp3) is 0.417. The highest BCUT2D eigenvalue weighted by Crippen LogP contribution is 2.33.